The van der Waals surface area contributed by atoms with Crippen molar-refractivity contribution in [1.82, 2.24) is 9.80 Å². The summed E-state index contributed by atoms with van der Waals surface area (Å²) in [6, 6.07) is 10.9. The highest BCUT2D eigenvalue weighted by molar-refractivity contribution is 5.90. The molecule has 3 fully saturated rings. The van der Waals surface area contributed by atoms with Gasteiger partial charge in [-0.25, -0.2) is 0 Å². The van der Waals surface area contributed by atoms with E-state index in [4.69, 9.17) is 0 Å². The van der Waals surface area contributed by atoms with Gasteiger partial charge >= 0.3 is 0 Å². The van der Waals surface area contributed by atoms with Crippen LogP contribution in [0.1, 0.15) is 37.3 Å². The summed E-state index contributed by atoms with van der Waals surface area (Å²) in [5.41, 5.74) is 1.19. The Bertz CT molecular complexity index is 529. The van der Waals surface area contributed by atoms with Crippen molar-refractivity contribution in [2.45, 2.75) is 31.7 Å². The van der Waals surface area contributed by atoms with Crippen LogP contribution in [0.2, 0.25) is 0 Å². The third-order valence-corrected chi connectivity index (χ3v) is 5.73. The Balaban J connectivity index is 1.51. The first kappa shape index (κ1) is 13.3. The van der Waals surface area contributed by atoms with Gasteiger partial charge in [-0.15, -0.1) is 0 Å². The monoisotopic (exact) mass is 284 g/mol. The van der Waals surface area contributed by atoms with E-state index in [-0.39, 0.29) is 11.5 Å². The summed E-state index contributed by atoms with van der Waals surface area (Å²) >= 11 is 0. The minimum Gasteiger partial charge on any atom is -0.337 e. The van der Waals surface area contributed by atoms with Gasteiger partial charge in [0.2, 0.25) is 5.91 Å². The molecule has 1 aliphatic carbocycles. The number of piperidine rings is 1. The summed E-state index contributed by atoms with van der Waals surface area (Å²) in [5.74, 6) is 1.31. The number of likely N-dealkylation sites (tertiary alicyclic amines) is 2. The number of benzene rings is 1. The second kappa shape index (κ2) is 4.84. The van der Waals surface area contributed by atoms with Gasteiger partial charge in [-0.1, -0.05) is 30.3 Å². The summed E-state index contributed by atoms with van der Waals surface area (Å²) in [7, 11) is 1.96. The zero-order valence-corrected chi connectivity index (χ0v) is 12.8. The Morgan fingerprint density at radius 3 is 2.43 bits per heavy atom. The van der Waals surface area contributed by atoms with E-state index in [0.717, 1.165) is 31.8 Å². The van der Waals surface area contributed by atoms with E-state index in [1.165, 1.54) is 24.9 Å². The van der Waals surface area contributed by atoms with Gasteiger partial charge in [-0.2, -0.15) is 0 Å². The van der Waals surface area contributed by atoms with Crippen molar-refractivity contribution in [2.75, 3.05) is 26.7 Å². The largest absolute Gasteiger partial charge is 0.337 e. The van der Waals surface area contributed by atoms with Crippen LogP contribution in [-0.2, 0) is 4.79 Å². The fourth-order valence-electron chi connectivity index (χ4n) is 4.36. The Labute approximate surface area is 126 Å². The van der Waals surface area contributed by atoms with Crippen molar-refractivity contribution >= 4 is 5.91 Å². The maximum atomic E-state index is 12.6. The second-order valence-electron chi connectivity index (χ2n) is 7.13. The van der Waals surface area contributed by atoms with E-state index >= 15 is 0 Å². The molecule has 2 saturated heterocycles. The summed E-state index contributed by atoms with van der Waals surface area (Å²) in [5, 5.41) is 0. The van der Waals surface area contributed by atoms with Gasteiger partial charge in [-0.3, -0.25) is 4.79 Å². The molecule has 0 bridgehead atoms. The van der Waals surface area contributed by atoms with Crippen LogP contribution in [0.3, 0.4) is 0 Å². The first-order chi connectivity index (χ1) is 10.2. The molecule has 2 aliphatic heterocycles. The molecule has 1 aromatic rings. The molecule has 1 amide bonds. The predicted molar refractivity (Wildman–Crippen MR) is 82.8 cm³/mol. The normalized spacial score (nSPS) is 28.7. The van der Waals surface area contributed by atoms with Crippen molar-refractivity contribution in [3.05, 3.63) is 35.9 Å². The second-order valence-corrected chi connectivity index (χ2v) is 7.13. The Kier molecular flexibility index (Phi) is 3.07. The molecule has 0 aromatic heterocycles. The molecule has 21 heavy (non-hydrogen) atoms. The van der Waals surface area contributed by atoms with Crippen LogP contribution in [-0.4, -0.2) is 42.4 Å². The number of carbonyl (C=O) groups excluding carboxylic acids is 1. The lowest BCUT2D eigenvalue weighted by molar-refractivity contribution is -0.176. The Hall–Kier alpha value is -1.35. The minimum absolute atomic E-state index is 0.115. The lowest BCUT2D eigenvalue weighted by Gasteiger charge is -2.58. The van der Waals surface area contributed by atoms with Crippen molar-refractivity contribution in [3.8, 4) is 0 Å². The van der Waals surface area contributed by atoms with Crippen molar-refractivity contribution < 1.29 is 4.79 Å². The number of carbonyl (C=O) groups is 1. The zero-order valence-electron chi connectivity index (χ0n) is 12.8. The predicted octanol–water partition coefficient (Wildman–Crippen LogP) is 2.69. The number of amides is 1. The fraction of sp³-hybridized carbons (Fsp3) is 0.611. The van der Waals surface area contributed by atoms with Crippen molar-refractivity contribution in [2.24, 2.45) is 11.3 Å². The highest BCUT2D eigenvalue weighted by Crippen LogP contribution is 2.55. The maximum Gasteiger partial charge on any atom is 0.231 e. The van der Waals surface area contributed by atoms with Crippen LogP contribution in [0, 0.1) is 11.3 Å². The Morgan fingerprint density at radius 2 is 1.81 bits per heavy atom. The van der Waals surface area contributed by atoms with Gasteiger partial charge in [-0.05, 0) is 50.3 Å². The molecule has 4 rings (SSSR count). The molecule has 1 aromatic carbocycles. The van der Waals surface area contributed by atoms with Crippen molar-refractivity contribution in [1.29, 1.82) is 0 Å². The fourth-order valence-corrected chi connectivity index (χ4v) is 4.36. The third kappa shape index (κ3) is 2.10. The molecule has 1 atom stereocenters. The number of hydrogen-bond acceptors (Lipinski definition) is 2. The molecule has 3 nitrogen and oxygen atoms in total. The van der Waals surface area contributed by atoms with Gasteiger partial charge in [0.15, 0.2) is 0 Å². The molecule has 1 saturated carbocycles. The molecule has 112 valence electrons. The van der Waals surface area contributed by atoms with E-state index < -0.39 is 0 Å². The summed E-state index contributed by atoms with van der Waals surface area (Å²) < 4.78 is 0. The number of β-lactam (4-membered cyclic amide) rings is 1. The quantitative estimate of drug-likeness (QED) is 0.797. The van der Waals surface area contributed by atoms with Crippen LogP contribution in [0.25, 0.3) is 0 Å². The standard InChI is InChI=1S/C18H24N2O/c1-19-16(15-5-3-2-4-6-15)18(17(19)21)9-11-20(12-10-18)13-14-7-8-14/h2-6,14,16H,7-13H2,1H3/t16-/m1/s1. The average Bonchev–Trinajstić information content (AvgIpc) is 3.34. The van der Waals surface area contributed by atoms with Crippen molar-refractivity contribution in [3.63, 3.8) is 0 Å². The van der Waals surface area contributed by atoms with Gasteiger partial charge in [0.1, 0.15) is 0 Å². The average molecular weight is 284 g/mol. The van der Waals surface area contributed by atoms with E-state index in [9.17, 15) is 4.79 Å². The minimum atomic E-state index is -0.115. The third-order valence-electron chi connectivity index (χ3n) is 5.73. The van der Waals surface area contributed by atoms with Gasteiger partial charge in [0.25, 0.3) is 0 Å². The lowest BCUT2D eigenvalue weighted by atomic mass is 9.62. The van der Waals surface area contributed by atoms with Gasteiger partial charge in [0.05, 0.1) is 11.5 Å². The SMILES string of the molecule is CN1C(=O)C2(CCN(CC3CC3)CC2)[C@H]1c1ccccc1. The summed E-state index contributed by atoms with van der Waals surface area (Å²) in [6.45, 7) is 3.45. The molecular formula is C18H24N2O. The first-order valence-corrected chi connectivity index (χ1v) is 8.25. The highest BCUT2D eigenvalue weighted by atomic mass is 16.2. The molecule has 3 heteroatoms. The van der Waals surface area contributed by atoms with E-state index in [1.807, 2.05) is 11.9 Å². The van der Waals surface area contributed by atoms with Gasteiger partial charge in [0, 0.05) is 13.6 Å². The smallest absolute Gasteiger partial charge is 0.231 e. The van der Waals surface area contributed by atoms with Crippen LogP contribution in [0.5, 0.6) is 0 Å². The summed E-state index contributed by atoms with van der Waals surface area (Å²) in [6.07, 6.45) is 4.89. The first-order valence-electron chi connectivity index (χ1n) is 8.25. The molecule has 0 N–H and O–H groups in total. The van der Waals surface area contributed by atoms with Gasteiger partial charge < -0.3 is 9.80 Å². The van der Waals surface area contributed by atoms with E-state index in [2.05, 4.69) is 35.2 Å². The number of hydrogen-bond donors (Lipinski definition) is 0. The molecule has 1 spiro atoms. The Morgan fingerprint density at radius 1 is 1.14 bits per heavy atom. The van der Waals surface area contributed by atoms with Crippen LogP contribution >= 0.6 is 0 Å². The number of nitrogens with zero attached hydrogens (tertiary/aromatic N) is 2. The zero-order chi connectivity index (χ0) is 14.4. The molecular weight excluding hydrogens is 260 g/mol. The molecule has 0 radical (unpaired) electrons. The highest BCUT2D eigenvalue weighted by Gasteiger charge is 2.59. The van der Waals surface area contributed by atoms with Crippen LogP contribution in [0.4, 0.5) is 0 Å². The van der Waals surface area contributed by atoms with Crippen LogP contribution < -0.4 is 0 Å². The maximum absolute atomic E-state index is 12.6. The molecule has 0 unspecified atom stereocenters. The van der Waals surface area contributed by atoms with E-state index in [0.29, 0.717) is 5.91 Å². The molecule has 2 heterocycles. The molecule has 3 aliphatic rings. The topological polar surface area (TPSA) is 23.6 Å². The van der Waals surface area contributed by atoms with Crippen LogP contribution in [0.15, 0.2) is 30.3 Å². The number of rotatable bonds is 3. The van der Waals surface area contributed by atoms with E-state index in [1.54, 1.807) is 0 Å². The summed E-state index contributed by atoms with van der Waals surface area (Å²) in [4.78, 5) is 17.1. The lowest BCUT2D eigenvalue weighted by Crippen LogP contribution is -2.64.